The molecule has 0 bridgehead atoms. The van der Waals surface area contributed by atoms with E-state index in [2.05, 4.69) is 10.3 Å². The molecule has 4 nitrogen and oxygen atoms in total. The molecule has 7 heteroatoms. The highest BCUT2D eigenvalue weighted by molar-refractivity contribution is 5.39. The second-order valence-corrected chi connectivity index (χ2v) is 4.90. The van der Waals surface area contributed by atoms with Crippen molar-refractivity contribution in [2.45, 2.75) is 12.7 Å². The van der Waals surface area contributed by atoms with Crippen molar-refractivity contribution in [3.05, 3.63) is 23.9 Å². The highest BCUT2D eigenvalue weighted by atomic mass is 19.4. The zero-order valence-electron chi connectivity index (χ0n) is 11.5. The van der Waals surface area contributed by atoms with Gasteiger partial charge in [0.05, 0.1) is 12.2 Å². The van der Waals surface area contributed by atoms with Gasteiger partial charge >= 0.3 is 6.18 Å². The zero-order chi connectivity index (χ0) is 14.6. The fourth-order valence-corrected chi connectivity index (χ4v) is 2.31. The zero-order valence-corrected chi connectivity index (χ0v) is 11.5. The molecule has 1 aromatic heterocycles. The van der Waals surface area contributed by atoms with Gasteiger partial charge in [-0.1, -0.05) is 6.07 Å². The minimum absolute atomic E-state index is 0.414. The van der Waals surface area contributed by atoms with Crippen LogP contribution in [0.3, 0.4) is 0 Å². The van der Waals surface area contributed by atoms with Gasteiger partial charge in [0, 0.05) is 32.7 Å². The van der Waals surface area contributed by atoms with Crippen LogP contribution in [0.1, 0.15) is 5.69 Å². The van der Waals surface area contributed by atoms with Crippen LogP contribution in [-0.4, -0.2) is 55.8 Å². The number of anilines is 1. The third-order valence-corrected chi connectivity index (χ3v) is 3.25. The van der Waals surface area contributed by atoms with Gasteiger partial charge in [0.2, 0.25) is 0 Å². The number of alkyl halides is 3. The lowest BCUT2D eigenvalue weighted by Crippen LogP contribution is -2.49. The molecule has 1 fully saturated rings. The molecular formula is C13H19F3N4. The first-order valence-electron chi connectivity index (χ1n) is 6.62. The molecule has 2 heterocycles. The average Bonchev–Trinajstić information content (AvgIpc) is 2.38. The Morgan fingerprint density at radius 1 is 1.20 bits per heavy atom. The van der Waals surface area contributed by atoms with Crippen LogP contribution >= 0.6 is 0 Å². The van der Waals surface area contributed by atoms with Crippen molar-refractivity contribution in [3.63, 3.8) is 0 Å². The summed E-state index contributed by atoms with van der Waals surface area (Å²) in [5.74, 6) is 0.837. The van der Waals surface area contributed by atoms with Crippen LogP contribution in [0.25, 0.3) is 0 Å². The summed E-state index contributed by atoms with van der Waals surface area (Å²) in [5.41, 5.74) is 0.933. The number of nitrogens with one attached hydrogen (secondary N) is 1. The SMILES string of the molecule is CNCc1cccc(N2CCN(CC(F)(F)F)CC2)n1. The van der Waals surface area contributed by atoms with Crippen LogP contribution in [0, 0.1) is 0 Å². The summed E-state index contributed by atoms with van der Waals surface area (Å²) in [6.07, 6.45) is -4.12. The smallest absolute Gasteiger partial charge is 0.354 e. The van der Waals surface area contributed by atoms with E-state index in [1.165, 1.54) is 4.90 Å². The molecular weight excluding hydrogens is 269 g/mol. The molecule has 1 N–H and O–H groups in total. The number of halogens is 3. The predicted molar refractivity (Wildman–Crippen MR) is 71.7 cm³/mol. The van der Waals surface area contributed by atoms with Gasteiger partial charge in [-0.15, -0.1) is 0 Å². The fourth-order valence-electron chi connectivity index (χ4n) is 2.31. The summed E-state index contributed by atoms with van der Waals surface area (Å²) in [4.78, 5) is 7.98. The fraction of sp³-hybridized carbons (Fsp3) is 0.615. The topological polar surface area (TPSA) is 31.4 Å². The maximum Gasteiger partial charge on any atom is 0.401 e. The Morgan fingerprint density at radius 3 is 2.50 bits per heavy atom. The molecule has 1 aromatic rings. The van der Waals surface area contributed by atoms with Crippen LogP contribution in [-0.2, 0) is 6.54 Å². The molecule has 1 saturated heterocycles. The molecule has 2 rings (SSSR count). The molecule has 0 unspecified atom stereocenters. The van der Waals surface area contributed by atoms with E-state index in [1.807, 2.05) is 30.1 Å². The van der Waals surface area contributed by atoms with Crippen molar-refractivity contribution in [2.75, 3.05) is 44.7 Å². The summed E-state index contributed by atoms with van der Waals surface area (Å²) >= 11 is 0. The van der Waals surface area contributed by atoms with Gasteiger partial charge in [0.1, 0.15) is 5.82 Å². The van der Waals surface area contributed by atoms with Gasteiger partial charge in [-0.2, -0.15) is 13.2 Å². The third kappa shape index (κ3) is 4.35. The van der Waals surface area contributed by atoms with E-state index in [0.29, 0.717) is 32.7 Å². The van der Waals surface area contributed by atoms with Crippen molar-refractivity contribution in [1.29, 1.82) is 0 Å². The molecule has 0 atom stereocenters. The quantitative estimate of drug-likeness (QED) is 0.909. The van der Waals surface area contributed by atoms with E-state index >= 15 is 0 Å². The molecule has 0 aliphatic carbocycles. The first-order valence-corrected chi connectivity index (χ1v) is 6.62. The number of aromatic nitrogens is 1. The standard InChI is InChI=1S/C13H19F3N4/c1-17-9-11-3-2-4-12(18-11)20-7-5-19(6-8-20)10-13(14,15)16/h2-4,17H,5-10H2,1H3. The van der Waals surface area contributed by atoms with Crippen molar-refractivity contribution >= 4 is 5.82 Å². The van der Waals surface area contributed by atoms with E-state index in [9.17, 15) is 13.2 Å². The van der Waals surface area contributed by atoms with E-state index in [0.717, 1.165) is 11.5 Å². The number of hydrogen-bond donors (Lipinski definition) is 1. The van der Waals surface area contributed by atoms with Crippen LogP contribution in [0.15, 0.2) is 18.2 Å². The summed E-state index contributed by atoms with van der Waals surface area (Å²) in [6, 6.07) is 5.76. The lowest BCUT2D eigenvalue weighted by Gasteiger charge is -2.35. The van der Waals surface area contributed by atoms with Crippen molar-refractivity contribution in [3.8, 4) is 0 Å². The summed E-state index contributed by atoms with van der Waals surface area (Å²) in [6.45, 7) is 1.84. The number of pyridine rings is 1. The number of rotatable bonds is 4. The van der Waals surface area contributed by atoms with Crippen LogP contribution in [0.2, 0.25) is 0 Å². The van der Waals surface area contributed by atoms with Crippen molar-refractivity contribution < 1.29 is 13.2 Å². The summed E-state index contributed by atoms with van der Waals surface area (Å²) < 4.78 is 37.0. The predicted octanol–water partition coefficient (Wildman–Crippen LogP) is 1.49. The Hall–Kier alpha value is -1.34. The Labute approximate surface area is 116 Å². The van der Waals surface area contributed by atoms with Crippen molar-refractivity contribution in [2.24, 2.45) is 0 Å². The number of hydrogen-bond acceptors (Lipinski definition) is 4. The first kappa shape index (κ1) is 15.1. The van der Waals surface area contributed by atoms with Gasteiger partial charge in [-0.3, -0.25) is 4.90 Å². The Bertz CT molecular complexity index is 428. The molecule has 0 aromatic carbocycles. The summed E-state index contributed by atoms with van der Waals surface area (Å²) in [7, 11) is 1.85. The van der Waals surface area contributed by atoms with Gasteiger partial charge in [0.15, 0.2) is 0 Å². The van der Waals surface area contributed by atoms with Gasteiger partial charge in [-0.25, -0.2) is 4.98 Å². The second kappa shape index (κ2) is 6.41. The number of nitrogens with zero attached hydrogens (tertiary/aromatic N) is 3. The first-order chi connectivity index (χ1) is 9.48. The lowest BCUT2D eigenvalue weighted by molar-refractivity contribution is -0.146. The lowest BCUT2D eigenvalue weighted by atomic mass is 10.3. The molecule has 0 radical (unpaired) electrons. The minimum Gasteiger partial charge on any atom is -0.354 e. The van der Waals surface area contributed by atoms with E-state index in [-0.39, 0.29) is 0 Å². The minimum atomic E-state index is -4.12. The van der Waals surface area contributed by atoms with Crippen LogP contribution in [0.5, 0.6) is 0 Å². The van der Waals surface area contributed by atoms with E-state index in [4.69, 9.17) is 0 Å². The monoisotopic (exact) mass is 288 g/mol. The molecule has 1 aliphatic heterocycles. The molecule has 20 heavy (non-hydrogen) atoms. The third-order valence-electron chi connectivity index (χ3n) is 3.25. The Kier molecular flexibility index (Phi) is 4.82. The van der Waals surface area contributed by atoms with E-state index < -0.39 is 12.7 Å². The summed E-state index contributed by atoms with van der Waals surface area (Å²) in [5, 5.41) is 3.03. The molecule has 0 amide bonds. The maximum absolute atomic E-state index is 12.3. The van der Waals surface area contributed by atoms with Crippen LogP contribution in [0.4, 0.5) is 19.0 Å². The number of piperazine rings is 1. The molecule has 0 saturated carbocycles. The highest BCUT2D eigenvalue weighted by Gasteiger charge is 2.32. The normalized spacial score (nSPS) is 17.5. The molecule has 0 spiro atoms. The maximum atomic E-state index is 12.3. The molecule has 112 valence electrons. The second-order valence-electron chi connectivity index (χ2n) is 4.90. The Balaban J connectivity index is 1.92. The van der Waals surface area contributed by atoms with Crippen LogP contribution < -0.4 is 10.2 Å². The van der Waals surface area contributed by atoms with Gasteiger partial charge < -0.3 is 10.2 Å². The highest BCUT2D eigenvalue weighted by Crippen LogP contribution is 2.19. The Morgan fingerprint density at radius 2 is 1.90 bits per heavy atom. The average molecular weight is 288 g/mol. The van der Waals surface area contributed by atoms with Gasteiger partial charge in [0.25, 0.3) is 0 Å². The molecule has 1 aliphatic rings. The van der Waals surface area contributed by atoms with E-state index in [1.54, 1.807) is 0 Å². The van der Waals surface area contributed by atoms with Gasteiger partial charge in [-0.05, 0) is 19.2 Å². The van der Waals surface area contributed by atoms with Crippen molar-refractivity contribution in [1.82, 2.24) is 15.2 Å². The largest absolute Gasteiger partial charge is 0.401 e.